The molecule has 1 aromatic heterocycles. The first kappa shape index (κ1) is 18.9. The summed E-state index contributed by atoms with van der Waals surface area (Å²) in [4.78, 5) is 56.7. The van der Waals surface area contributed by atoms with E-state index in [9.17, 15) is 24.3 Å². The van der Waals surface area contributed by atoms with Crippen LogP contribution in [0.4, 0.5) is 0 Å². The predicted molar refractivity (Wildman–Crippen MR) is 92.3 cm³/mol. The molecule has 0 aromatic carbocycles. The van der Waals surface area contributed by atoms with Gasteiger partial charge in [0.05, 0.1) is 6.33 Å². The zero-order chi connectivity index (χ0) is 19.6. The molecule has 2 aliphatic rings. The summed E-state index contributed by atoms with van der Waals surface area (Å²) >= 11 is 0. The number of aromatic nitrogens is 2. The Morgan fingerprint density at radius 2 is 2.22 bits per heavy atom. The number of aromatic amines is 1. The van der Waals surface area contributed by atoms with E-state index in [0.717, 1.165) is 0 Å². The quantitative estimate of drug-likeness (QED) is 0.502. The highest BCUT2D eigenvalue weighted by molar-refractivity contribution is 5.95. The SMILES string of the molecule is C[C@@H]1CC(=O)N[C@@H]1C(=O)N[C@@H](Cc1cnc[nH]1)C(=O)N1CCC[C@H]1C(=O)O. The fourth-order valence-corrected chi connectivity index (χ4v) is 3.67. The number of nitrogens with zero attached hydrogens (tertiary/aromatic N) is 2. The number of carbonyl (C=O) groups is 4. The van der Waals surface area contributed by atoms with E-state index in [-0.39, 0.29) is 24.7 Å². The molecule has 10 nitrogen and oxygen atoms in total. The minimum absolute atomic E-state index is 0.155. The molecular weight excluding hydrogens is 354 g/mol. The Hall–Kier alpha value is -2.91. The first-order chi connectivity index (χ1) is 12.9. The number of carboxylic acids is 1. The molecule has 27 heavy (non-hydrogen) atoms. The number of imidazole rings is 1. The topological polar surface area (TPSA) is 144 Å². The number of nitrogens with one attached hydrogen (secondary N) is 3. The van der Waals surface area contributed by atoms with Gasteiger partial charge >= 0.3 is 5.97 Å². The van der Waals surface area contributed by atoms with Gasteiger partial charge in [0, 0.05) is 31.3 Å². The van der Waals surface area contributed by atoms with Gasteiger partial charge in [-0.05, 0) is 18.8 Å². The van der Waals surface area contributed by atoms with Crippen LogP contribution in [0.2, 0.25) is 0 Å². The molecule has 1 aromatic rings. The maximum absolute atomic E-state index is 13.0. The van der Waals surface area contributed by atoms with E-state index in [4.69, 9.17) is 0 Å². The van der Waals surface area contributed by atoms with Gasteiger partial charge < -0.3 is 25.6 Å². The molecular formula is C17H23N5O5. The minimum Gasteiger partial charge on any atom is -0.480 e. The molecule has 4 atom stereocenters. The number of hydrogen-bond acceptors (Lipinski definition) is 5. The number of H-pyrrole nitrogens is 1. The van der Waals surface area contributed by atoms with E-state index in [1.807, 2.05) is 0 Å². The van der Waals surface area contributed by atoms with Crippen LogP contribution in [0.1, 0.15) is 31.9 Å². The summed E-state index contributed by atoms with van der Waals surface area (Å²) < 4.78 is 0. The van der Waals surface area contributed by atoms with Crippen molar-refractivity contribution in [2.24, 2.45) is 5.92 Å². The highest BCUT2D eigenvalue weighted by Crippen LogP contribution is 2.20. The molecule has 0 spiro atoms. The van der Waals surface area contributed by atoms with E-state index >= 15 is 0 Å². The van der Waals surface area contributed by atoms with Crippen LogP contribution in [-0.2, 0) is 25.6 Å². The van der Waals surface area contributed by atoms with Gasteiger partial charge in [0.15, 0.2) is 0 Å². The van der Waals surface area contributed by atoms with Crippen molar-refractivity contribution in [2.45, 2.75) is 50.7 Å². The molecule has 0 aliphatic carbocycles. The fourth-order valence-electron chi connectivity index (χ4n) is 3.67. The summed E-state index contributed by atoms with van der Waals surface area (Å²) in [5.41, 5.74) is 0.642. The van der Waals surface area contributed by atoms with Crippen molar-refractivity contribution in [3.63, 3.8) is 0 Å². The van der Waals surface area contributed by atoms with Crippen LogP contribution in [0, 0.1) is 5.92 Å². The summed E-state index contributed by atoms with van der Waals surface area (Å²) in [6, 6.07) is -2.53. The van der Waals surface area contributed by atoms with Crippen LogP contribution < -0.4 is 10.6 Å². The summed E-state index contributed by atoms with van der Waals surface area (Å²) in [6.45, 7) is 2.12. The van der Waals surface area contributed by atoms with Crippen molar-refractivity contribution in [3.05, 3.63) is 18.2 Å². The molecule has 0 bridgehead atoms. The van der Waals surface area contributed by atoms with Crippen LogP contribution in [0.25, 0.3) is 0 Å². The Kier molecular flexibility index (Phi) is 5.43. The minimum atomic E-state index is -1.05. The van der Waals surface area contributed by atoms with Crippen molar-refractivity contribution in [2.75, 3.05) is 6.54 Å². The molecule has 3 rings (SSSR count). The van der Waals surface area contributed by atoms with Gasteiger partial charge in [-0.2, -0.15) is 0 Å². The van der Waals surface area contributed by atoms with Gasteiger partial charge in [0.2, 0.25) is 17.7 Å². The van der Waals surface area contributed by atoms with E-state index in [1.165, 1.54) is 11.2 Å². The van der Waals surface area contributed by atoms with E-state index in [1.54, 1.807) is 13.1 Å². The maximum Gasteiger partial charge on any atom is 0.326 e. The summed E-state index contributed by atoms with van der Waals surface area (Å²) in [6.07, 6.45) is 4.41. The molecule has 2 saturated heterocycles. The highest BCUT2D eigenvalue weighted by atomic mass is 16.4. The van der Waals surface area contributed by atoms with Crippen molar-refractivity contribution in [3.8, 4) is 0 Å². The normalized spacial score (nSPS) is 25.9. The summed E-state index contributed by atoms with van der Waals surface area (Å²) in [5.74, 6) is -2.33. The molecule has 0 radical (unpaired) electrons. The lowest BCUT2D eigenvalue weighted by atomic mass is 10.0. The molecule has 2 aliphatic heterocycles. The molecule has 3 heterocycles. The fraction of sp³-hybridized carbons (Fsp3) is 0.588. The molecule has 3 amide bonds. The Labute approximate surface area is 155 Å². The monoisotopic (exact) mass is 377 g/mol. The smallest absolute Gasteiger partial charge is 0.326 e. The number of hydrogen-bond donors (Lipinski definition) is 4. The second-order valence-corrected chi connectivity index (χ2v) is 7.10. The standard InChI is InChI=1S/C17H23N5O5/c1-9-5-13(23)21-14(9)15(24)20-11(6-10-7-18-8-19-10)16(25)22-4-2-3-12(22)17(26)27/h7-9,11-12,14H,2-6H2,1H3,(H,18,19)(H,20,24)(H,21,23)(H,26,27)/t9-,11+,12+,14+/m1/s1. The third kappa shape index (κ3) is 4.09. The largest absolute Gasteiger partial charge is 0.480 e. The first-order valence-corrected chi connectivity index (χ1v) is 8.97. The molecule has 146 valence electrons. The summed E-state index contributed by atoms with van der Waals surface area (Å²) in [7, 11) is 0. The molecule has 4 N–H and O–H groups in total. The van der Waals surface area contributed by atoms with Gasteiger partial charge in [0.25, 0.3) is 0 Å². The second kappa shape index (κ2) is 7.77. The summed E-state index contributed by atoms with van der Waals surface area (Å²) in [5, 5.41) is 14.7. The van der Waals surface area contributed by atoms with Crippen LogP contribution >= 0.6 is 0 Å². The maximum atomic E-state index is 13.0. The Balaban J connectivity index is 1.76. The van der Waals surface area contributed by atoms with Gasteiger partial charge in [-0.15, -0.1) is 0 Å². The van der Waals surface area contributed by atoms with E-state index < -0.39 is 35.9 Å². The average Bonchev–Trinajstić information content (AvgIpc) is 3.34. The highest BCUT2D eigenvalue weighted by Gasteiger charge is 2.40. The van der Waals surface area contributed by atoms with Gasteiger partial charge in [-0.3, -0.25) is 14.4 Å². The molecule has 0 saturated carbocycles. The second-order valence-electron chi connectivity index (χ2n) is 7.10. The van der Waals surface area contributed by atoms with Crippen molar-refractivity contribution >= 4 is 23.7 Å². The van der Waals surface area contributed by atoms with Crippen LogP contribution in [0.15, 0.2) is 12.5 Å². The Morgan fingerprint density at radius 3 is 2.81 bits per heavy atom. The number of carboxylic acid groups (broad SMARTS) is 1. The average molecular weight is 377 g/mol. The third-order valence-corrected chi connectivity index (χ3v) is 5.09. The lowest BCUT2D eigenvalue weighted by Crippen LogP contribution is -2.56. The number of aliphatic carboxylic acids is 1. The van der Waals surface area contributed by atoms with E-state index in [0.29, 0.717) is 25.1 Å². The van der Waals surface area contributed by atoms with Crippen LogP contribution in [-0.4, -0.2) is 68.3 Å². The zero-order valence-corrected chi connectivity index (χ0v) is 15.0. The van der Waals surface area contributed by atoms with Crippen LogP contribution in [0.3, 0.4) is 0 Å². The first-order valence-electron chi connectivity index (χ1n) is 8.97. The van der Waals surface area contributed by atoms with Crippen LogP contribution in [0.5, 0.6) is 0 Å². The van der Waals surface area contributed by atoms with Gasteiger partial charge in [-0.1, -0.05) is 6.92 Å². The number of carbonyl (C=O) groups excluding carboxylic acids is 3. The van der Waals surface area contributed by atoms with E-state index in [2.05, 4.69) is 20.6 Å². The lowest BCUT2D eigenvalue weighted by Gasteiger charge is -2.28. The molecule has 2 fully saturated rings. The Bertz CT molecular complexity index is 734. The van der Waals surface area contributed by atoms with Crippen molar-refractivity contribution in [1.82, 2.24) is 25.5 Å². The predicted octanol–water partition coefficient (Wildman–Crippen LogP) is -0.963. The zero-order valence-electron chi connectivity index (χ0n) is 15.0. The lowest BCUT2D eigenvalue weighted by molar-refractivity contribution is -0.149. The van der Waals surface area contributed by atoms with Gasteiger partial charge in [-0.25, -0.2) is 9.78 Å². The number of rotatable bonds is 6. The van der Waals surface area contributed by atoms with Crippen molar-refractivity contribution in [1.29, 1.82) is 0 Å². The number of likely N-dealkylation sites (tertiary alicyclic amines) is 1. The molecule has 0 unspecified atom stereocenters. The van der Waals surface area contributed by atoms with Gasteiger partial charge in [0.1, 0.15) is 18.1 Å². The third-order valence-electron chi connectivity index (χ3n) is 5.09. The molecule has 10 heteroatoms. The number of amides is 3. The van der Waals surface area contributed by atoms with Crippen molar-refractivity contribution < 1.29 is 24.3 Å². The Morgan fingerprint density at radius 1 is 1.44 bits per heavy atom.